The minimum atomic E-state index is -0.441. The van der Waals surface area contributed by atoms with E-state index in [1.807, 2.05) is 0 Å². The Morgan fingerprint density at radius 2 is 1.89 bits per heavy atom. The predicted molar refractivity (Wildman–Crippen MR) is 66.2 cm³/mol. The molecule has 0 fully saturated rings. The van der Waals surface area contributed by atoms with Crippen molar-refractivity contribution in [3.63, 3.8) is 0 Å². The van der Waals surface area contributed by atoms with Crippen molar-refractivity contribution < 1.29 is 4.39 Å². The molecule has 0 spiro atoms. The van der Waals surface area contributed by atoms with E-state index in [1.54, 1.807) is 12.1 Å². The third-order valence-corrected chi connectivity index (χ3v) is 2.42. The molecule has 2 rings (SSSR count). The van der Waals surface area contributed by atoms with Crippen LogP contribution >= 0.6 is 0 Å². The molecule has 0 aliphatic heterocycles. The summed E-state index contributed by atoms with van der Waals surface area (Å²) >= 11 is 0. The topological polar surface area (TPSA) is 66.9 Å². The maximum atomic E-state index is 12.7. The fraction of sp³-hybridized carbons (Fsp3) is 0.167. The Hall–Kier alpha value is -2.37. The summed E-state index contributed by atoms with van der Waals surface area (Å²) < 4.78 is 14.0. The third-order valence-electron chi connectivity index (χ3n) is 2.42. The van der Waals surface area contributed by atoms with Crippen LogP contribution in [0.2, 0.25) is 0 Å². The monoisotopic (exact) mass is 249 g/mol. The van der Waals surface area contributed by atoms with Crippen molar-refractivity contribution in [3.8, 4) is 0 Å². The zero-order valence-electron chi connectivity index (χ0n) is 9.52. The molecule has 6 heteroatoms. The smallest absolute Gasteiger partial charge is 0.328 e. The van der Waals surface area contributed by atoms with Gasteiger partial charge in [0.2, 0.25) is 0 Å². The first-order valence-electron chi connectivity index (χ1n) is 5.44. The first kappa shape index (κ1) is 12.1. The lowest BCUT2D eigenvalue weighted by Crippen LogP contribution is -2.30. The van der Waals surface area contributed by atoms with Gasteiger partial charge < -0.3 is 5.32 Å². The number of aromatic amines is 1. The van der Waals surface area contributed by atoms with Crippen LogP contribution in [0.25, 0.3) is 0 Å². The summed E-state index contributed by atoms with van der Waals surface area (Å²) in [7, 11) is 0. The highest BCUT2D eigenvalue weighted by Gasteiger charge is 1.97. The van der Waals surface area contributed by atoms with E-state index in [0.29, 0.717) is 13.1 Å². The Balaban J connectivity index is 1.94. The van der Waals surface area contributed by atoms with Gasteiger partial charge in [-0.05, 0) is 24.3 Å². The number of hydrogen-bond donors (Lipinski definition) is 2. The number of benzene rings is 1. The molecule has 0 radical (unpaired) electrons. The van der Waals surface area contributed by atoms with Gasteiger partial charge in [0.15, 0.2) is 0 Å². The van der Waals surface area contributed by atoms with Crippen molar-refractivity contribution >= 4 is 5.69 Å². The first-order chi connectivity index (χ1) is 8.65. The van der Waals surface area contributed by atoms with Crippen molar-refractivity contribution in [1.29, 1.82) is 0 Å². The minimum Gasteiger partial charge on any atom is -0.383 e. The van der Waals surface area contributed by atoms with Crippen LogP contribution in [-0.2, 0) is 6.54 Å². The molecule has 0 saturated carbocycles. The van der Waals surface area contributed by atoms with Crippen molar-refractivity contribution in [1.82, 2.24) is 9.55 Å². The van der Waals surface area contributed by atoms with Crippen LogP contribution in [0.5, 0.6) is 0 Å². The van der Waals surface area contributed by atoms with Crippen LogP contribution in [0.15, 0.2) is 46.1 Å². The Morgan fingerprint density at radius 1 is 1.17 bits per heavy atom. The minimum absolute atomic E-state index is 0.294. The number of aromatic nitrogens is 2. The van der Waals surface area contributed by atoms with E-state index >= 15 is 0 Å². The van der Waals surface area contributed by atoms with Crippen LogP contribution in [0.4, 0.5) is 10.1 Å². The molecule has 0 atom stereocenters. The van der Waals surface area contributed by atoms with Gasteiger partial charge >= 0.3 is 5.69 Å². The van der Waals surface area contributed by atoms with Gasteiger partial charge in [0.25, 0.3) is 5.56 Å². The lowest BCUT2D eigenvalue weighted by molar-refractivity contribution is 0.627. The second-order valence-corrected chi connectivity index (χ2v) is 3.74. The highest BCUT2D eigenvalue weighted by atomic mass is 19.1. The van der Waals surface area contributed by atoms with Gasteiger partial charge in [0.05, 0.1) is 0 Å². The van der Waals surface area contributed by atoms with Crippen LogP contribution in [-0.4, -0.2) is 16.1 Å². The summed E-state index contributed by atoms with van der Waals surface area (Å²) in [6, 6.07) is 7.23. The van der Waals surface area contributed by atoms with Gasteiger partial charge in [-0.1, -0.05) is 0 Å². The van der Waals surface area contributed by atoms with Crippen LogP contribution in [0.1, 0.15) is 0 Å². The fourth-order valence-corrected chi connectivity index (χ4v) is 1.51. The summed E-state index contributed by atoms with van der Waals surface area (Å²) in [4.78, 5) is 24.4. The Labute approximate surface area is 102 Å². The molecule has 18 heavy (non-hydrogen) atoms. The number of H-pyrrole nitrogens is 1. The number of anilines is 1. The molecule has 1 aromatic heterocycles. The molecule has 0 aliphatic rings. The van der Waals surface area contributed by atoms with Crippen molar-refractivity contribution in [3.05, 3.63) is 63.2 Å². The first-order valence-corrected chi connectivity index (χ1v) is 5.44. The molecular weight excluding hydrogens is 237 g/mol. The van der Waals surface area contributed by atoms with Crippen molar-refractivity contribution in [2.24, 2.45) is 0 Å². The molecule has 2 N–H and O–H groups in total. The van der Waals surface area contributed by atoms with E-state index in [9.17, 15) is 14.0 Å². The molecule has 0 aliphatic carbocycles. The van der Waals surface area contributed by atoms with Crippen molar-refractivity contribution in [2.75, 3.05) is 11.9 Å². The highest BCUT2D eigenvalue weighted by Crippen LogP contribution is 2.07. The molecule has 1 aromatic carbocycles. The fourth-order valence-electron chi connectivity index (χ4n) is 1.51. The Bertz CT molecular complexity index is 631. The zero-order valence-corrected chi connectivity index (χ0v) is 9.52. The molecule has 2 aromatic rings. The number of rotatable bonds is 4. The largest absolute Gasteiger partial charge is 0.383 e. The molecular formula is C12H12FN3O2. The van der Waals surface area contributed by atoms with Gasteiger partial charge in [-0.15, -0.1) is 0 Å². The Morgan fingerprint density at radius 3 is 2.56 bits per heavy atom. The maximum absolute atomic E-state index is 12.7. The second-order valence-electron chi connectivity index (χ2n) is 3.74. The van der Waals surface area contributed by atoms with E-state index in [0.717, 1.165) is 5.69 Å². The number of hydrogen-bond acceptors (Lipinski definition) is 3. The predicted octanol–water partition coefficient (Wildman–Crippen LogP) is 0.788. The van der Waals surface area contributed by atoms with E-state index in [4.69, 9.17) is 0 Å². The summed E-state index contributed by atoms with van der Waals surface area (Å²) in [6.07, 6.45) is 1.44. The molecule has 1 heterocycles. The third kappa shape index (κ3) is 3.07. The summed E-state index contributed by atoms with van der Waals surface area (Å²) in [6.45, 7) is 0.907. The zero-order chi connectivity index (χ0) is 13.0. The summed E-state index contributed by atoms with van der Waals surface area (Å²) in [5.41, 5.74) is -0.0833. The number of nitrogens with one attached hydrogen (secondary N) is 2. The second kappa shape index (κ2) is 5.31. The van der Waals surface area contributed by atoms with Crippen LogP contribution in [0.3, 0.4) is 0 Å². The maximum Gasteiger partial charge on any atom is 0.328 e. The normalized spacial score (nSPS) is 10.3. The number of nitrogens with zero attached hydrogens (tertiary/aromatic N) is 1. The standard InChI is InChI=1S/C12H12FN3O2/c13-9-1-3-10(4-2-9)14-6-8-16-7-5-11(17)15-12(16)18/h1-5,7,14H,6,8H2,(H,15,17,18). The van der Waals surface area contributed by atoms with Crippen LogP contribution in [0, 0.1) is 5.82 Å². The quantitative estimate of drug-likeness (QED) is 0.841. The average Bonchev–Trinajstić information content (AvgIpc) is 2.34. The summed E-state index contributed by atoms with van der Waals surface area (Å²) in [5, 5.41) is 3.04. The van der Waals surface area contributed by atoms with Crippen molar-refractivity contribution in [2.45, 2.75) is 6.54 Å². The van der Waals surface area contributed by atoms with E-state index in [2.05, 4.69) is 10.3 Å². The molecule has 0 bridgehead atoms. The molecule has 94 valence electrons. The highest BCUT2D eigenvalue weighted by molar-refractivity contribution is 5.42. The molecule has 5 nitrogen and oxygen atoms in total. The van der Waals surface area contributed by atoms with Gasteiger partial charge in [-0.3, -0.25) is 14.3 Å². The van der Waals surface area contributed by atoms with Crippen LogP contribution < -0.4 is 16.6 Å². The molecule has 0 saturated heterocycles. The van der Waals surface area contributed by atoms with Gasteiger partial charge in [0.1, 0.15) is 5.82 Å². The van der Waals surface area contributed by atoms with Gasteiger partial charge in [-0.25, -0.2) is 9.18 Å². The molecule has 0 amide bonds. The van der Waals surface area contributed by atoms with E-state index < -0.39 is 11.2 Å². The molecule has 0 unspecified atom stereocenters. The summed E-state index contributed by atoms with van der Waals surface area (Å²) in [5.74, 6) is -0.294. The van der Waals surface area contributed by atoms with E-state index in [-0.39, 0.29) is 5.82 Å². The van der Waals surface area contributed by atoms with Gasteiger partial charge in [-0.2, -0.15) is 0 Å². The lowest BCUT2D eigenvalue weighted by Gasteiger charge is -2.07. The van der Waals surface area contributed by atoms with Gasteiger partial charge in [0, 0.05) is 31.0 Å². The Kier molecular flexibility index (Phi) is 3.57. The van der Waals surface area contributed by atoms with E-state index in [1.165, 1.54) is 29.0 Å². The SMILES string of the molecule is O=c1ccn(CCNc2ccc(F)cc2)c(=O)[nH]1. The number of halogens is 1. The average molecular weight is 249 g/mol. The lowest BCUT2D eigenvalue weighted by atomic mass is 10.3.